The molecule has 10 heteroatoms. The summed E-state index contributed by atoms with van der Waals surface area (Å²) >= 11 is 0. The zero-order valence-electron chi connectivity index (χ0n) is 26.1. The summed E-state index contributed by atoms with van der Waals surface area (Å²) in [6.07, 6.45) is 8.70. The average molecular weight is 594 g/mol. The lowest BCUT2D eigenvalue weighted by molar-refractivity contribution is 0.228. The zero-order chi connectivity index (χ0) is 31.6. The first-order valence-electron chi connectivity index (χ1n) is 14.7. The van der Waals surface area contributed by atoms with E-state index in [0.29, 0.717) is 40.8 Å². The van der Waals surface area contributed by atoms with Gasteiger partial charge in [0, 0.05) is 41.9 Å². The number of ether oxygens (including phenoxy) is 1. The maximum absolute atomic E-state index is 13.4. The number of dihydropyridines is 1. The van der Waals surface area contributed by atoms with E-state index < -0.39 is 12.2 Å². The summed E-state index contributed by atoms with van der Waals surface area (Å²) < 4.78 is 8.04. The molecule has 2 aliphatic heterocycles. The molecule has 5 rings (SSSR count). The molecule has 2 aliphatic rings. The summed E-state index contributed by atoms with van der Waals surface area (Å²) in [5.41, 5.74) is 3.65. The van der Waals surface area contributed by atoms with E-state index in [1.165, 1.54) is 4.90 Å². The van der Waals surface area contributed by atoms with E-state index in [2.05, 4.69) is 61.3 Å². The van der Waals surface area contributed by atoms with Crippen molar-refractivity contribution in [3.05, 3.63) is 90.0 Å². The molecule has 1 unspecified atom stereocenters. The Balaban J connectivity index is 1.40. The van der Waals surface area contributed by atoms with Crippen LogP contribution in [-0.4, -0.2) is 46.2 Å². The lowest BCUT2D eigenvalue weighted by Crippen LogP contribution is -2.26. The average Bonchev–Trinajstić information content (AvgIpc) is 3.54. The number of hydrogen-bond donors (Lipinski definition) is 3. The number of aromatic nitrogens is 2. The largest absolute Gasteiger partial charge is 0.459 e. The van der Waals surface area contributed by atoms with Crippen molar-refractivity contribution in [1.29, 1.82) is 0 Å². The maximum atomic E-state index is 13.4. The summed E-state index contributed by atoms with van der Waals surface area (Å²) in [4.78, 5) is 31.5. The minimum atomic E-state index is -0.456. The molecule has 3 N–H and O–H groups in total. The Morgan fingerprint density at radius 2 is 1.91 bits per heavy atom. The first-order chi connectivity index (χ1) is 21.0. The highest BCUT2D eigenvalue weighted by molar-refractivity contribution is 6.07. The molecule has 44 heavy (non-hydrogen) atoms. The molecule has 0 bridgehead atoms. The number of allylic oxidation sites excluding steroid dienone is 6. The molecule has 3 aromatic rings. The summed E-state index contributed by atoms with van der Waals surface area (Å²) in [7, 11) is 1.70. The Labute approximate surface area is 257 Å². The highest BCUT2D eigenvalue weighted by Gasteiger charge is 2.36. The third-order valence-electron chi connectivity index (χ3n) is 7.42. The summed E-state index contributed by atoms with van der Waals surface area (Å²) in [6.45, 7) is 14.5. The molecule has 10 nitrogen and oxygen atoms in total. The normalized spacial score (nSPS) is 16.9. The number of rotatable bonds is 8. The number of urea groups is 2. The standard InChI is InChI=1S/C34H39N7O3/c1-8-11-21(2)14-15-22(3)41-29(20-28(39-41)34(4,5)6)37-32(42)36-25-16-17-26(24-13-10-9-12-23(24)25)44-27-18-19-35-31-30(27)40(7)33(43)38-31/h9-17,19-20,31H,3,8,18H2,1-2,4-7H3,(H,38,43)(H2,36,37,42). The topological polar surface area (TPSA) is 113 Å². The summed E-state index contributed by atoms with van der Waals surface area (Å²) in [6, 6.07) is 12.5. The van der Waals surface area contributed by atoms with Gasteiger partial charge in [0.25, 0.3) is 0 Å². The molecular weight excluding hydrogens is 554 g/mol. The molecule has 0 spiro atoms. The van der Waals surface area contributed by atoms with Crippen molar-refractivity contribution in [3.8, 4) is 5.75 Å². The quantitative estimate of drug-likeness (QED) is 0.236. The van der Waals surface area contributed by atoms with Crippen molar-refractivity contribution in [1.82, 2.24) is 20.0 Å². The van der Waals surface area contributed by atoms with Crippen LogP contribution < -0.4 is 20.7 Å². The van der Waals surface area contributed by atoms with Gasteiger partial charge in [0.2, 0.25) is 0 Å². The van der Waals surface area contributed by atoms with Crippen molar-refractivity contribution >= 4 is 46.3 Å². The number of amides is 4. The molecular formula is C34H39N7O3. The molecule has 0 aliphatic carbocycles. The number of nitrogens with zero attached hydrogens (tertiary/aromatic N) is 4. The maximum Gasteiger partial charge on any atom is 0.324 e. The molecule has 1 fully saturated rings. The molecule has 1 aromatic heterocycles. The number of carbonyl (C=O) groups excluding carboxylic acids is 2. The van der Waals surface area contributed by atoms with Gasteiger partial charge in [0.1, 0.15) is 23.0 Å². The fourth-order valence-electron chi connectivity index (χ4n) is 5.08. The van der Waals surface area contributed by atoms with E-state index in [-0.39, 0.29) is 11.4 Å². The number of hydrogen-bond acceptors (Lipinski definition) is 5. The fourth-order valence-corrected chi connectivity index (χ4v) is 5.08. The van der Waals surface area contributed by atoms with Gasteiger partial charge in [-0.3, -0.25) is 15.2 Å². The number of likely N-dealkylation sites (N-methyl/N-ethyl adjacent to an activating group) is 1. The Morgan fingerprint density at radius 3 is 2.64 bits per heavy atom. The van der Waals surface area contributed by atoms with Gasteiger partial charge >= 0.3 is 12.1 Å². The van der Waals surface area contributed by atoms with Crippen LogP contribution in [-0.2, 0) is 5.41 Å². The van der Waals surface area contributed by atoms with Gasteiger partial charge in [-0.2, -0.15) is 5.10 Å². The second-order valence-corrected chi connectivity index (χ2v) is 11.9. The van der Waals surface area contributed by atoms with Crippen molar-refractivity contribution in [2.45, 2.75) is 59.0 Å². The van der Waals surface area contributed by atoms with Crippen LogP contribution in [0.15, 0.2) is 89.3 Å². The number of benzene rings is 2. The van der Waals surface area contributed by atoms with Crippen LogP contribution in [0.2, 0.25) is 0 Å². The van der Waals surface area contributed by atoms with Gasteiger partial charge in [0.15, 0.2) is 6.17 Å². The molecule has 3 heterocycles. The predicted molar refractivity (Wildman–Crippen MR) is 177 cm³/mol. The van der Waals surface area contributed by atoms with Crippen LogP contribution in [0.1, 0.15) is 53.2 Å². The highest BCUT2D eigenvalue weighted by Crippen LogP contribution is 2.35. The molecule has 0 radical (unpaired) electrons. The molecule has 0 saturated carbocycles. The van der Waals surface area contributed by atoms with E-state index in [9.17, 15) is 9.59 Å². The van der Waals surface area contributed by atoms with Gasteiger partial charge < -0.3 is 15.4 Å². The Kier molecular flexibility index (Phi) is 8.44. The van der Waals surface area contributed by atoms with E-state index in [4.69, 9.17) is 9.84 Å². The Bertz CT molecular complexity index is 1750. The molecule has 1 saturated heterocycles. The van der Waals surface area contributed by atoms with Crippen molar-refractivity contribution in [2.75, 3.05) is 17.7 Å². The van der Waals surface area contributed by atoms with E-state index in [1.807, 2.05) is 55.5 Å². The van der Waals surface area contributed by atoms with Gasteiger partial charge in [-0.05, 0) is 31.6 Å². The predicted octanol–water partition coefficient (Wildman–Crippen LogP) is 7.41. The van der Waals surface area contributed by atoms with Crippen LogP contribution in [0, 0.1) is 0 Å². The summed E-state index contributed by atoms with van der Waals surface area (Å²) in [5, 5.41) is 15.2. The first kappa shape index (κ1) is 30.3. The monoisotopic (exact) mass is 593 g/mol. The lowest BCUT2D eigenvalue weighted by atomic mass is 9.92. The second kappa shape index (κ2) is 12.2. The smallest absolute Gasteiger partial charge is 0.324 e. The van der Waals surface area contributed by atoms with Crippen LogP contribution in [0.5, 0.6) is 5.75 Å². The minimum Gasteiger partial charge on any atom is -0.459 e. The molecule has 228 valence electrons. The number of carbonyl (C=O) groups is 2. The number of anilines is 2. The SMILES string of the molecule is C=C(C=CC(C)=CCC)n1nc(C(C)(C)C)cc1NC(=O)Nc1ccc(OC2=C3C(N=CC2)NC(=O)N3C)c2ccccc12. The molecule has 4 amide bonds. The second-order valence-electron chi connectivity index (χ2n) is 11.9. The Hall–Kier alpha value is -5.12. The van der Waals surface area contributed by atoms with E-state index >= 15 is 0 Å². The van der Waals surface area contributed by atoms with Crippen LogP contribution in [0.4, 0.5) is 21.1 Å². The van der Waals surface area contributed by atoms with Crippen molar-refractivity contribution in [2.24, 2.45) is 4.99 Å². The first-order valence-corrected chi connectivity index (χ1v) is 14.7. The van der Waals surface area contributed by atoms with Crippen LogP contribution in [0.25, 0.3) is 16.5 Å². The number of nitrogens with one attached hydrogen (secondary N) is 3. The molecule has 1 atom stereocenters. The lowest BCUT2D eigenvalue weighted by Gasteiger charge is -2.21. The van der Waals surface area contributed by atoms with Crippen LogP contribution >= 0.6 is 0 Å². The third kappa shape index (κ3) is 6.29. The van der Waals surface area contributed by atoms with Gasteiger partial charge in [-0.1, -0.05) is 76.3 Å². The van der Waals surface area contributed by atoms with Gasteiger partial charge in [0.05, 0.1) is 17.1 Å². The third-order valence-corrected chi connectivity index (χ3v) is 7.42. The zero-order valence-corrected chi connectivity index (χ0v) is 26.1. The van der Waals surface area contributed by atoms with Crippen LogP contribution in [0.3, 0.4) is 0 Å². The van der Waals surface area contributed by atoms with Crippen molar-refractivity contribution < 1.29 is 14.3 Å². The van der Waals surface area contributed by atoms with E-state index in [0.717, 1.165) is 28.5 Å². The van der Waals surface area contributed by atoms with Crippen molar-refractivity contribution in [3.63, 3.8) is 0 Å². The highest BCUT2D eigenvalue weighted by atomic mass is 16.5. The van der Waals surface area contributed by atoms with Gasteiger partial charge in [-0.15, -0.1) is 0 Å². The molecule has 2 aromatic carbocycles. The Morgan fingerprint density at radius 1 is 1.16 bits per heavy atom. The fraction of sp³-hybridized carbons (Fsp3) is 0.294. The number of aliphatic imine (C=N–C) groups is 1. The van der Waals surface area contributed by atoms with Gasteiger partial charge in [-0.25, -0.2) is 14.3 Å². The minimum absolute atomic E-state index is 0.223. The number of fused-ring (bicyclic) bond motifs is 2. The summed E-state index contributed by atoms with van der Waals surface area (Å²) in [5.74, 6) is 1.76. The van der Waals surface area contributed by atoms with E-state index in [1.54, 1.807) is 24.0 Å².